The zero-order valence-electron chi connectivity index (χ0n) is 27.8. The molecular formula is C35H37ClN8O6. The molecule has 2 atom stereocenters. The average Bonchev–Trinajstić information content (AvgIpc) is 3.77. The highest BCUT2D eigenvalue weighted by Crippen LogP contribution is 2.28. The number of esters is 1. The third-order valence-corrected chi connectivity index (χ3v) is 7.93. The fourth-order valence-corrected chi connectivity index (χ4v) is 5.52. The second-order valence-corrected chi connectivity index (χ2v) is 11.7. The van der Waals surface area contributed by atoms with Crippen LogP contribution in [0.15, 0.2) is 72.9 Å². The minimum Gasteiger partial charge on any atom is -0.435 e. The van der Waals surface area contributed by atoms with E-state index < -0.39 is 30.4 Å². The van der Waals surface area contributed by atoms with Crippen LogP contribution >= 0.6 is 11.6 Å². The molecule has 0 aliphatic heterocycles. The van der Waals surface area contributed by atoms with Crippen LogP contribution in [-0.4, -0.2) is 72.4 Å². The van der Waals surface area contributed by atoms with Crippen molar-refractivity contribution in [1.82, 2.24) is 40.7 Å². The first-order chi connectivity index (χ1) is 24.2. The third kappa shape index (κ3) is 9.50. The van der Waals surface area contributed by atoms with Gasteiger partial charge in [0, 0.05) is 41.0 Å². The van der Waals surface area contributed by atoms with E-state index in [1.807, 2.05) is 55.5 Å². The lowest BCUT2D eigenvalue weighted by molar-refractivity contribution is -0.168. The van der Waals surface area contributed by atoms with Crippen LogP contribution in [-0.2, 0) is 38.4 Å². The van der Waals surface area contributed by atoms with Crippen LogP contribution in [0.25, 0.3) is 22.6 Å². The number of nitrogens with zero attached hydrogens (tertiary/aromatic N) is 6. The fourth-order valence-electron chi connectivity index (χ4n) is 5.31. The van der Waals surface area contributed by atoms with E-state index in [2.05, 4.69) is 31.0 Å². The molecule has 3 aromatic heterocycles. The predicted octanol–water partition coefficient (Wildman–Crippen LogP) is 5.57. The van der Waals surface area contributed by atoms with Crippen LogP contribution < -0.4 is 5.32 Å². The molecule has 260 valence electrons. The summed E-state index contributed by atoms with van der Waals surface area (Å²) in [4.78, 5) is 42.8. The van der Waals surface area contributed by atoms with Gasteiger partial charge in [-0.1, -0.05) is 73.5 Å². The Labute approximate surface area is 293 Å². The van der Waals surface area contributed by atoms with Gasteiger partial charge in [0.15, 0.2) is 5.82 Å². The topological polar surface area (TPSA) is 176 Å². The standard InChI is InChI=1S/C35H37ClN8O6/c1-4-10-26-19-31(41-44(26)21-23-15-16-30(37-20-23)27-12-7-8-13-28(27)33-39-42-43-40-33)34(46)38-25(17-24-11-6-9-14-29(24)36)18-32(45)49-22(3)50-35(47)48-5-2/h6-9,11-16,19-20,22,25H,4-5,10,17-18,21H2,1-3H3,(H,38,46)(H,39,40,42,43)/t22?,25-/m1/s1. The summed E-state index contributed by atoms with van der Waals surface area (Å²) in [5.41, 5.74) is 5.14. The number of pyridine rings is 1. The number of hydrogen-bond acceptors (Lipinski definition) is 11. The maximum Gasteiger partial charge on any atom is 0.511 e. The molecule has 0 saturated carbocycles. The van der Waals surface area contributed by atoms with Gasteiger partial charge in [-0.15, -0.1) is 5.10 Å². The van der Waals surface area contributed by atoms with Crippen molar-refractivity contribution in [2.24, 2.45) is 0 Å². The van der Waals surface area contributed by atoms with Crippen molar-refractivity contribution in [2.45, 2.75) is 65.3 Å². The summed E-state index contributed by atoms with van der Waals surface area (Å²) in [6, 6.07) is 19.8. The highest BCUT2D eigenvalue weighted by molar-refractivity contribution is 6.31. The monoisotopic (exact) mass is 700 g/mol. The lowest BCUT2D eigenvalue weighted by atomic mass is 10.0. The van der Waals surface area contributed by atoms with Crippen molar-refractivity contribution >= 4 is 29.6 Å². The number of aromatic amines is 1. The minimum absolute atomic E-state index is 0.114. The van der Waals surface area contributed by atoms with Gasteiger partial charge in [0.1, 0.15) is 5.69 Å². The van der Waals surface area contributed by atoms with Crippen molar-refractivity contribution in [1.29, 1.82) is 0 Å². The van der Waals surface area contributed by atoms with Gasteiger partial charge in [0.05, 0.1) is 25.3 Å². The molecule has 0 aliphatic carbocycles. The molecule has 0 aliphatic rings. The number of rotatable bonds is 15. The Hall–Kier alpha value is -5.63. The molecule has 0 spiro atoms. The molecule has 3 heterocycles. The molecule has 0 bridgehead atoms. The quantitative estimate of drug-likeness (QED) is 0.103. The van der Waals surface area contributed by atoms with E-state index in [-0.39, 0.29) is 25.1 Å². The van der Waals surface area contributed by atoms with Crippen LogP contribution in [0.3, 0.4) is 0 Å². The number of amides is 1. The lowest BCUT2D eigenvalue weighted by Gasteiger charge is -2.20. The zero-order valence-corrected chi connectivity index (χ0v) is 28.6. The van der Waals surface area contributed by atoms with Crippen molar-refractivity contribution in [3.63, 3.8) is 0 Å². The number of carbonyl (C=O) groups is 3. The second kappa shape index (κ2) is 17.2. The van der Waals surface area contributed by atoms with Gasteiger partial charge in [-0.25, -0.2) is 9.89 Å². The van der Waals surface area contributed by atoms with Crippen LogP contribution in [0.5, 0.6) is 0 Å². The molecule has 14 nitrogen and oxygen atoms in total. The van der Waals surface area contributed by atoms with Gasteiger partial charge in [-0.05, 0) is 59.5 Å². The third-order valence-electron chi connectivity index (χ3n) is 7.56. The van der Waals surface area contributed by atoms with Crippen LogP contribution in [0.2, 0.25) is 5.02 Å². The molecule has 50 heavy (non-hydrogen) atoms. The Morgan fingerprint density at radius 2 is 1.78 bits per heavy atom. The molecular weight excluding hydrogens is 664 g/mol. The maximum absolute atomic E-state index is 13.6. The van der Waals surface area contributed by atoms with Gasteiger partial charge in [0.25, 0.3) is 5.91 Å². The largest absolute Gasteiger partial charge is 0.511 e. The van der Waals surface area contributed by atoms with E-state index in [0.29, 0.717) is 23.8 Å². The summed E-state index contributed by atoms with van der Waals surface area (Å²) in [5.74, 6) is -0.609. The molecule has 1 unspecified atom stereocenters. The number of nitrogens with one attached hydrogen (secondary N) is 2. The number of H-pyrrole nitrogens is 1. The Kier molecular flexibility index (Phi) is 12.2. The molecule has 5 aromatic rings. The Morgan fingerprint density at radius 3 is 2.48 bits per heavy atom. The number of ether oxygens (including phenoxy) is 3. The molecule has 0 radical (unpaired) electrons. The van der Waals surface area contributed by atoms with Crippen LogP contribution in [0, 0.1) is 0 Å². The van der Waals surface area contributed by atoms with Crippen molar-refractivity contribution in [3.05, 3.63) is 100 Å². The van der Waals surface area contributed by atoms with Gasteiger partial charge in [-0.2, -0.15) is 5.10 Å². The molecule has 0 fully saturated rings. The van der Waals surface area contributed by atoms with E-state index in [0.717, 1.165) is 40.1 Å². The number of halogens is 1. The zero-order chi connectivity index (χ0) is 35.5. The normalized spacial score (nSPS) is 12.2. The molecule has 15 heteroatoms. The SMILES string of the molecule is CCCc1cc(C(=O)N[C@@H](CC(=O)OC(C)OC(=O)OCC)Cc2ccccc2Cl)nn1Cc1ccc(-c2ccccc2-c2nnn[nH]2)nc1. The van der Waals surface area contributed by atoms with E-state index in [4.69, 9.17) is 30.8 Å². The fraction of sp³-hybridized carbons (Fsp3) is 0.314. The Morgan fingerprint density at radius 1 is 1.00 bits per heavy atom. The number of carbonyl (C=O) groups excluding carboxylic acids is 3. The number of benzene rings is 2. The van der Waals surface area contributed by atoms with Gasteiger partial charge >= 0.3 is 12.1 Å². The molecule has 2 aromatic carbocycles. The first-order valence-corrected chi connectivity index (χ1v) is 16.5. The average molecular weight is 701 g/mol. The molecule has 1 amide bonds. The molecule has 5 rings (SSSR count). The number of aryl methyl sites for hydroxylation is 1. The maximum atomic E-state index is 13.6. The van der Waals surface area contributed by atoms with E-state index in [9.17, 15) is 14.4 Å². The molecule has 0 saturated heterocycles. The summed E-state index contributed by atoms with van der Waals surface area (Å²) in [5, 5.41) is 22.3. The highest BCUT2D eigenvalue weighted by atomic mass is 35.5. The lowest BCUT2D eigenvalue weighted by Crippen LogP contribution is -2.39. The first-order valence-electron chi connectivity index (χ1n) is 16.2. The number of tetrazole rings is 1. The van der Waals surface area contributed by atoms with Crippen LogP contribution in [0.4, 0.5) is 4.79 Å². The number of aromatic nitrogens is 7. The van der Waals surface area contributed by atoms with E-state index in [1.54, 1.807) is 36.0 Å². The predicted molar refractivity (Wildman–Crippen MR) is 183 cm³/mol. The summed E-state index contributed by atoms with van der Waals surface area (Å²) < 4.78 is 16.7. The van der Waals surface area contributed by atoms with E-state index in [1.165, 1.54) is 6.92 Å². The number of hydrogen-bond donors (Lipinski definition) is 2. The highest BCUT2D eigenvalue weighted by Gasteiger charge is 2.24. The van der Waals surface area contributed by atoms with Crippen LogP contribution in [0.1, 0.15) is 60.9 Å². The summed E-state index contributed by atoms with van der Waals surface area (Å²) in [6.07, 6.45) is 1.19. The van der Waals surface area contributed by atoms with Crippen molar-refractivity contribution in [3.8, 4) is 22.6 Å². The van der Waals surface area contributed by atoms with E-state index >= 15 is 0 Å². The smallest absolute Gasteiger partial charge is 0.435 e. The van der Waals surface area contributed by atoms with Gasteiger partial charge in [0.2, 0.25) is 6.29 Å². The van der Waals surface area contributed by atoms with Crippen molar-refractivity contribution in [2.75, 3.05) is 6.61 Å². The molecule has 2 N–H and O–H groups in total. The minimum atomic E-state index is -1.19. The van der Waals surface area contributed by atoms with Gasteiger partial charge in [-0.3, -0.25) is 19.3 Å². The van der Waals surface area contributed by atoms with Crippen molar-refractivity contribution < 1.29 is 28.6 Å². The Bertz CT molecular complexity index is 1900. The second-order valence-electron chi connectivity index (χ2n) is 11.3. The first kappa shape index (κ1) is 35.7. The van der Waals surface area contributed by atoms with Gasteiger partial charge < -0.3 is 19.5 Å². The summed E-state index contributed by atoms with van der Waals surface area (Å²) in [7, 11) is 0. The summed E-state index contributed by atoms with van der Waals surface area (Å²) in [6.45, 7) is 5.58. The summed E-state index contributed by atoms with van der Waals surface area (Å²) >= 11 is 6.41. The Balaban J connectivity index is 1.31.